The quantitative estimate of drug-likeness (QED) is 0.741. The highest BCUT2D eigenvalue weighted by Gasteiger charge is 2.41. The first-order chi connectivity index (χ1) is 11.2. The molecule has 0 bridgehead atoms. The third-order valence-electron chi connectivity index (χ3n) is 3.02. The predicted molar refractivity (Wildman–Crippen MR) is 79.5 cm³/mol. The first-order valence-electron chi connectivity index (χ1n) is 6.62. The number of aryl methyl sites for hydroxylation is 1. The van der Waals surface area contributed by atoms with Crippen molar-refractivity contribution in [1.29, 1.82) is 0 Å². The first-order valence-corrected chi connectivity index (χ1v) is 8.08. The third kappa shape index (κ3) is 3.92. The lowest BCUT2D eigenvalue weighted by Crippen LogP contribution is -2.14. The molecule has 0 aliphatic heterocycles. The SMILES string of the molecule is COP(=O)(OC)Oc1nc(-c2ccccc2)nc(C)c1C(F)(F)F. The zero-order valence-corrected chi connectivity index (χ0v) is 13.9. The molecule has 0 radical (unpaired) electrons. The number of phosphoric ester groups is 1. The topological polar surface area (TPSA) is 70.5 Å². The summed E-state index contributed by atoms with van der Waals surface area (Å²) in [5.74, 6) is -0.921. The van der Waals surface area contributed by atoms with Crippen LogP contribution in [0.3, 0.4) is 0 Å². The van der Waals surface area contributed by atoms with Crippen LogP contribution in [0.2, 0.25) is 0 Å². The van der Waals surface area contributed by atoms with Crippen LogP contribution in [-0.4, -0.2) is 24.2 Å². The highest BCUT2D eigenvalue weighted by Crippen LogP contribution is 2.50. The van der Waals surface area contributed by atoms with E-state index in [1.165, 1.54) is 0 Å². The van der Waals surface area contributed by atoms with Crippen LogP contribution in [0.25, 0.3) is 11.4 Å². The van der Waals surface area contributed by atoms with E-state index in [-0.39, 0.29) is 11.5 Å². The molecule has 0 saturated heterocycles. The van der Waals surface area contributed by atoms with E-state index in [1.807, 2.05) is 0 Å². The van der Waals surface area contributed by atoms with Gasteiger partial charge in [0.15, 0.2) is 5.82 Å². The number of nitrogens with zero attached hydrogens (tertiary/aromatic N) is 2. The van der Waals surface area contributed by atoms with Crippen molar-refractivity contribution in [1.82, 2.24) is 9.97 Å². The molecule has 0 aliphatic carbocycles. The molecule has 0 atom stereocenters. The van der Waals surface area contributed by atoms with Gasteiger partial charge in [0, 0.05) is 19.8 Å². The normalized spacial score (nSPS) is 12.2. The smallest absolute Gasteiger partial charge is 0.385 e. The summed E-state index contributed by atoms with van der Waals surface area (Å²) in [6.45, 7) is 1.16. The van der Waals surface area contributed by atoms with Gasteiger partial charge in [0.1, 0.15) is 5.56 Å². The third-order valence-corrected chi connectivity index (χ3v) is 4.31. The lowest BCUT2D eigenvalue weighted by Gasteiger charge is -2.19. The summed E-state index contributed by atoms with van der Waals surface area (Å²) in [4.78, 5) is 7.64. The van der Waals surface area contributed by atoms with Gasteiger partial charge in [-0.1, -0.05) is 30.3 Å². The fourth-order valence-electron chi connectivity index (χ4n) is 1.91. The van der Waals surface area contributed by atoms with Crippen molar-refractivity contribution in [3.05, 3.63) is 41.6 Å². The molecule has 2 rings (SSSR count). The van der Waals surface area contributed by atoms with Gasteiger partial charge in [-0.2, -0.15) is 18.2 Å². The van der Waals surface area contributed by atoms with Gasteiger partial charge < -0.3 is 4.52 Å². The summed E-state index contributed by atoms with van der Waals surface area (Å²) >= 11 is 0. The molecule has 2 aromatic rings. The minimum absolute atomic E-state index is 0.00476. The Hall–Kier alpha value is -1.96. The average Bonchev–Trinajstić information content (AvgIpc) is 2.53. The lowest BCUT2D eigenvalue weighted by molar-refractivity contribution is -0.139. The van der Waals surface area contributed by atoms with Gasteiger partial charge in [-0.25, -0.2) is 9.55 Å². The van der Waals surface area contributed by atoms with E-state index in [9.17, 15) is 17.7 Å². The van der Waals surface area contributed by atoms with Crippen LogP contribution in [0.4, 0.5) is 13.2 Å². The van der Waals surface area contributed by atoms with E-state index >= 15 is 0 Å². The summed E-state index contributed by atoms with van der Waals surface area (Å²) in [5, 5.41) is 0. The van der Waals surface area contributed by atoms with E-state index in [4.69, 9.17) is 4.52 Å². The second-order valence-corrected chi connectivity index (χ2v) is 6.39. The first kappa shape index (κ1) is 18.4. The molecule has 24 heavy (non-hydrogen) atoms. The van der Waals surface area contributed by atoms with Crippen LogP contribution in [0.15, 0.2) is 30.3 Å². The van der Waals surface area contributed by atoms with E-state index < -0.39 is 25.4 Å². The zero-order chi connectivity index (χ0) is 18.0. The maximum Gasteiger partial charge on any atom is 0.530 e. The molecule has 0 spiro atoms. The van der Waals surface area contributed by atoms with Crippen LogP contribution < -0.4 is 4.52 Å². The van der Waals surface area contributed by atoms with E-state index in [2.05, 4.69) is 19.0 Å². The Morgan fingerprint density at radius 3 is 2.12 bits per heavy atom. The highest BCUT2D eigenvalue weighted by molar-refractivity contribution is 7.48. The summed E-state index contributed by atoms with van der Waals surface area (Å²) in [6.07, 6.45) is -4.80. The van der Waals surface area contributed by atoms with Crippen molar-refractivity contribution in [3.8, 4) is 17.3 Å². The molecule has 6 nitrogen and oxygen atoms in total. The molecule has 10 heteroatoms. The Morgan fingerprint density at radius 1 is 1.04 bits per heavy atom. The molecule has 0 amide bonds. The molecule has 1 aromatic carbocycles. The Morgan fingerprint density at radius 2 is 1.62 bits per heavy atom. The van der Waals surface area contributed by atoms with E-state index in [1.54, 1.807) is 30.3 Å². The molecule has 1 heterocycles. The van der Waals surface area contributed by atoms with Crippen molar-refractivity contribution < 1.29 is 31.3 Å². The standard InChI is InChI=1S/C14H14F3N2O4P/c1-9-11(14(15,16)17)13(23-24(20,21-2)22-3)19-12(18-9)10-7-5-4-6-8-10/h4-8H,1-3H3. The average molecular weight is 362 g/mol. The molecular weight excluding hydrogens is 348 g/mol. The van der Waals surface area contributed by atoms with Crippen molar-refractivity contribution in [3.63, 3.8) is 0 Å². The Balaban J connectivity index is 2.64. The highest BCUT2D eigenvalue weighted by atomic mass is 31.2. The molecule has 0 fully saturated rings. The predicted octanol–water partition coefficient (Wildman–Crippen LogP) is 4.25. The van der Waals surface area contributed by atoms with Gasteiger partial charge in [0.05, 0.1) is 5.69 Å². The molecule has 1 aromatic heterocycles. The van der Waals surface area contributed by atoms with Crippen LogP contribution in [0.5, 0.6) is 5.88 Å². The molecule has 0 aliphatic rings. The van der Waals surface area contributed by atoms with Crippen molar-refractivity contribution >= 4 is 7.82 Å². The number of benzene rings is 1. The summed E-state index contributed by atoms with van der Waals surface area (Å²) < 4.78 is 65.8. The van der Waals surface area contributed by atoms with Gasteiger partial charge in [-0.3, -0.25) is 9.05 Å². The number of halogens is 3. The summed E-state index contributed by atoms with van der Waals surface area (Å²) in [6, 6.07) is 8.35. The largest absolute Gasteiger partial charge is 0.530 e. The fourth-order valence-corrected chi connectivity index (χ4v) is 2.55. The fraction of sp³-hybridized carbons (Fsp3) is 0.286. The Bertz CT molecular complexity index is 761. The number of aromatic nitrogens is 2. The molecule has 0 unspecified atom stereocenters. The van der Waals surface area contributed by atoms with Gasteiger partial charge in [0.2, 0.25) is 5.88 Å². The van der Waals surface area contributed by atoms with Crippen molar-refractivity contribution in [2.24, 2.45) is 0 Å². The Labute approximate surface area is 136 Å². The zero-order valence-electron chi connectivity index (χ0n) is 13.0. The number of rotatable bonds is 5. The van der Waals surface area contributed by atoms with Crippen molar-refractivity contribution in [2.45, 2.75) is 13.1 Å². The van der Waals surface area contributed by atoms with Crippen LogP contribution in [0.1, 0.15) is 11.3 Å². The minimum Gasteiger partial charge on any atom is -0.385 e. The Kier molecular flexibility index (Phi) is 5.27. The number of phosphoric acid groups is 1. The summed E-state index contributed by atoms with van der Waals surface area (Å²) in [5.41, 5.74) is -1.13. The molecular formula is C14H14F3N2O4P. The van der Waals surface area contributed by atoms with Gasteiger partial charge in [0.25, 0.3) is 0 Å². The molecule has 0 saturated carbocycles. The number of hydrogen-bond donors (Lipinski definition) is 0. The second kappa shape index (κ2) is 6.88. The van der Waals surface area contributed by atoms with E-state index in [0.29, 0.717) is 5.56 Å². The minimum atomic E-state index is -4.80. The number of hydrogen-bond acceptors (Lipinski definition) is 6. The summed E-state index contributed by atoms with van der Waals surface area (Å²) in [7, 11) is -2.24. The lowest BCUT2D eigenvalue weighted by atomic mass is 10.2. The number of alkyl halides is 3. The van der Waals surface area contributed by atoms with Crippen LogP contribution in [0, 0.1) is 6.92 Å². The van der Waals surface area contributed by atoms with Gasteiger partial charge >= 0.3 is 14.0 Å². The maximum atomic E-state index is 13.3. The molecule has 0 N–H and O–H groups in total. The maximum absolute atomic E-state index is 13.3. The second-order valence-electron chi connectivity index (χ2n) is 4.58. The van der Waals surface area contributed by atoms with E-state index in [0.717, 1.165) is 21.1 Å². The van der Waals surface area contributed by atoms with Gasteiger partial charge in [-0.05, 0) is 6.92 Å². The van der Waals surface area contributed by atoms with Crippen LogP contribution >= 0.6 is 7.82 Å². The monoisotopic (exact) mass is 362 g/mol. The van der Waals surface area contributed by atoms with Gasteiger partial charge in [-0.15, -0.1) is 0 Å². The molecule has 130 valence electrons. The van der Waals surface area contributed by atoms with Crippen molar-refractivity contribution in [2.75, 3.05) is 14.2 Å². The van der Waals surface area contributed by atoms with Crippen LogP contribution in [-0.2, 0) is 19.8 Å².